The van der Waals surface area contributed by atoms with Gasteiger partial charge in [-0.25, -0.2) is 0 Å². The highest BCUT2D eigenvalue weighted by atomic mass is 16.5. The summed E-state index contributed by atoms with van der Waals surface area (Å²) in [6.07, 6.45) is 1.63. The Labute approximate surface area is 87.6 Å². The van der Waals surface area contributed by atoms with E-state index in [4.69, 9.17) is 10.5 Å². The van der Waals surface area contributed by atoms with Crippen LogP contribution in [0.2, 0.25) is 0 Å². The van der Waals surface area contributed by atoms with E-state index in [0.717, 1.165) is 0 Å². The fraction of sp³-hybridized carbons (Fsp3) is 0.556. The molecule has 2 rings (SSSR count). The van der Waals surface area contributed by atoms with Crippen LogP contribution in [0.4, 0.5) is 5.69 Å². The summed E-state index contributed by atoms with van der Waals surface area (Å²) in [6, 6.07) is 0. The van der Waals surface area contributed by atoms with E-state index in [0.29, 0.717) is 37.7 Å². The summed E-state index contributed by atoms with van der Waals surface area (Å²) in [5.74, 6) is -0.114. The summed E-state index contributed by atoms with van der Waals surface area (Å²) >= 11 is 0. The number of nitrogen functional groups attached to an aromatic ring is 1. The third kappa shape index (κ3) is 1.94. The lowest BCUT2D eigenvalue weighted by Gasteiger charge is -2.26. The maximum absolute atomic E-state index is 11.9. The molecule has 0 saturated carbocycles. The first-order chi connectivity index (χ1) is 7.18. The number of ether oxygens (including phenoxy) is 1. The van der Waals surface area contributed by atoms with Crippen molar-refractivity contribution in [3.05, 3.63) is 11.9 Å². The molecule has 0 aromatic carbocycles. The van der Waals surface area contributed by atoms with Gasteiger partial charge in [0.1, 0.15) is 0 Å². The molecule has 1 aliphatic rings. The lowest BCUT2D eigenvalue weighted by molar-refractivity contribution is 0.0299. The average Bonchev–Trinajstić information content (AvgIpc) is 2.58. The van der Waals surface area contributed by atoms with Gasteiger partial charge < -0.3 is 15.4 Å². The minimum absolute atomic E-state index is 0.114. The maximum Gasteiger partial charge on any atom is 0.276 e. The zero-order valence-corrected chi connectivity index (χ0v) is 8.64. The largest absolute Gasteiger partial charge is 0.396 e. The van der Waals surface area contributed by atoms with Crippen LogP contribution in [-0.4, -0.2) is 46.9 Å². The zero-order valence-electron chi connectivity index (χ0n) is 8.64. The van der Waals surface area contributed by atoms with Crippen molar-refractivity contribution < 1.29 is 9.53 Å². The summed E-state index contributed by atoms with van der Waals surface area (Å²) in [5.41, 5.74) is 6.44. The third-order valence-corrected chi connectivity index (χ3v) is 2.36. The fourth-order valence-electron chi connectivity index (χ4n) is 1.59. The number of morpholine rings is 1. The lowest BCUT2D eigenvalue weighted by Crippen LogP contribution is -2.41. The van der Waals surface area contributed by atoms with E-state index in [2.05, 4.69) is 5.10 Å². The third-order valence-electron chi connectivity index (χ3n) is 2.36. The normalized spacial score (nSPS) is 16.7. The van der Waals surface area contributed by atoms with Crippen LogP contribution in [-0.2, 0) is 11.8 Å². The number of amides is 1. The van der Waals surface area contributed by atoms with Crippen molar-refractivity contribution in [1.29, 1.82) is 0 Å². The van der Waals surface area contributed by atoms with Gasteiger partial charge in [-0.3, -0.25) is 9.48 Å². The first-order valence-corrected chi connectivity index (χ1v) is 4.84. The zero-order chi connectivity index (χ0) is 10.8. The molecule has 1 aromatic rings. The molecule has 1 fully saturated rings. The van der Waals surface area contributed by atoms with Crippen molar-refractivity contribution >= 4 is 11.6 Å². The summed E-state index contributed by atoms with van der Waals surface area (Å²) in [7, 11) is 1.74. The van der Waals surface area contributed by atoms with E-state index in [-0.39, 0.29) is 5.91 Å². The predicted octanol–water partition coefficient (Wildman–Crippen LogP) is -0.525. The molecule has 0 radical (unpaired) electrons. The number of carbonyl (C=O) groups is 1. The molecule has 15 heavy (non-hydrogen) atoms. The van der Waals surface area contributed by atoms with Crippen LogP contribution in [0, 0.1) is 0 Å². The Balaban J connectivity index is 2.16. The average molecular weight is 210 g/mol. The van der Waals surface area contributed by atoms with Gasteiger partial charge in [-0.1, -0.05) is 0 Å². The molecule has 0 aliphatic carbocycles. The van der Waals surface area contributed by atoms with E-state index >= 15 is 0 Å². The first kappa shape index (κ1) is 9.97. The van der Waals surface area contributed by atoms with Gasteiger partial charge in [0, 0.05) is 26.3 Å². The van der Waals surface area contributed by atoms with E-state index in [1.807, 2.05) is 0 Å². The van der Waals surface area contributed by atoms with Crippen LogP contribution in [0.15, 0.2) is 6.20 Å². The van der Waals surface area contributed by atoms with Gasteiger partial charge in [0.05, 0.1) is 18.9 Å². The summed E-state index contributed by atoms with van der Waals surface area (Å²) in [5, 5.41) is 4.04. The molecule has 1 aromatic heterocycles. The fourth-order valence-corrected chi connectivity index (χ4v) is 1.59. The van der Waals surface area contributed by atoms with E-state index < -0.39 is 0 Å². The first-order valence-electron chi connectivity index (χ1n) is 4.84. The Bertz CT molecular complexity index is 368. The van der Waals surface area contributed by atoms with Crippen molar-refractivity contribution in [2.75, 3.05) is 32.0 Å². The van der Waals surface area contributed by atoms with Gasteiger partial charge in [0.2, 0.25) is 0 Å². The van der Waals surface area contributed by atoms with Gasteiger partial charge in [-0.15, -0.1) is 0 Å². The predicted molar refractivity (Wildman–Crippen MR) is 54.3 cm³/mol. The van der Waals surface area contributed by atoms with E-state index in [1.54, 1.807) is 22.8 Å². The van der Waals surface area contributed by atoms with E-state index in [1.165, 1.54) is 0 Å². The molecule has 1 saturated heterocycles. The highest BCUT2D eigenvalue weighted by molar-refractivity contribution is 5.97. The van der Waals surface area contributed by atoms with Gasteiger partial charge in [-0.2, -0.15) is 5.10 Å². The van der Waals surface area contributed by atoms with Crippen LogP contribution >= 0.6 is 0 Å². The molecule has 1 amide bonds. The second-order valence-electron chi connectivity index (χ2n) is 3.51. The Hall–Kier alpha value is -1.56. The summed E-state index contributed by atoms with van der Waals surface area (Å²) in [6.45, 7) is 2.38. The van der Waals surface area contributed by atoms with E-state index in [9.17, 15) is 4.79 Å². The number of rotatable bonds is 1. The molecule has 2 N–H and O–H groups in total. The minimum Gasteiger partial charge on any atom is -0.396 e. The van der Waals surface area contributed by atoms with Crippen LogP contribution in [0.5, 0.6) is 0 Å². The van der Waals surface area contributed by atoms with Crippen LogP contribution < -0.4 is 5.73 Å². The van der Waals surface area contributed by atoms with Crippen LogP contribution in [0.1, 0.15) is 10.5 Å². The lowest BCUT2D eigenvalue weighted by atomic mass is 10.3. The quantitative estimate of drug-likeness (QED) is 0.676. The minimum atomic E-state index is -0.114. The summed E-state index contributed by atoms with van der Waals surface area (Å²) < 4.78 is 6.72. The molecular formula is C9H14N4O2. The number of aromatic nitrogens is 2. The highest BCUT2D eigenvalue weighted by Crippen LogP contribution is 2.12. The molecule has 82 valence electrons. The Morgan fingerprint density at radius 2 is 2.20 bits per heavy atom. The number of nitrogens with two attached hydrogens (primary N) is 1. The molecule has 6 nitrogen and oxygen atoms in total. The molecule has 0 atom stereocenters. The molecule has 0 unspecified atom stereocenters. The molecular weight excluding hydrogens is 196 g/mol. The number of aryl methyl sites for hydroxylation is 1. The van der Waals surface area contributed by atoms with Gasteiger partial charge in [-0.05, 0) is 0 Å². The smallest absolute Gasteiger partial charge is 0.276 e. The van der Waals surface area contributed by atoms with Crippen molar-refractivity contribution in [3.63, 3.8) is 0 Å². The topological polar surface area (TPSA) is 73.4 Å². The second kappa shape index (κ2) is 3.90. The number of hydrogen-bond donors (Lipinski definition) is 1. The standard InChI is InChI=1S/C9H14N4O2/c1-12-6-7(10)8(11-12)9(14)13-2-4-15-5-3-13/h6H,2-5,10H2,1H3. The van der Waals surface area contributed by atoms with Crippen LogP contribution in [0.3, 0.4) is 0 Å². The molecule has 6 heteroatoms. The molecule has 0 spiro atoms. The van der Waals surface area contributed by atoms with Crippen molar-refractivity contribution in [2.45, 2.75) is 0 Å². The SMILES string of the molecule is Cn1cc(N)c(C(=O)N2CCOCC2)n1. The number of nitrogens with zero attached hydrogens (tertiary/aromatic N) is 3. The van der Waals surface area contributed by atoms with Gasteiger partial charge in [0.15, 0.2) is 5.69 Å². The Morgan fingerprint density at radius 3 is 2.73 bits per heavy atom. The maximum atomic E-state index is 11.9. The molecule has 1 aliphatic heterocycles. The van der Waals surface area contributed by atoms with Gasteiger partial charge in [0.25, 0.3) is 5.91 Å². The highest BCUT2D eigenvalue weighted by Gasteiger charge is 2.22. The monoisotopic (exact) mass is 210 g/mol. The molecule has 2 heterocycles. The number of anilines is 1. The number of hydrogen-bond acceptors (Lipinski definition) is 4. The summed E-state index contributed by atoms with van der Waals surface area (Å²) in [4.78, 5) is 13.7. The van der Waals surface area contributed by atoms with Crippen LogP contribution in [0.25, 0.3) is 0 Å². The molecule has 0 bridgehead atoms. The van der Waals surface area contributed by atoms with Crippen molar-refractivity contribution in [1.82, 2.24) is 14.7 Å². The van der Waals surface area contributed by atoms with Crippen molar-refractivity contribution in [3.8, 4) is 0 Å². The number of carbonyl (C=O) groups excluding carboxylic acids is 1. The van der Waals surface area contributed by atoms with Crippen molar-refractivity contribution in [2.24, 2.45) is 7.05 Å². The van der Waals surface area contributed by atoms with Gasteiger partial charge >= 0.3 is 0 Å². The Kier molecular flexibility index (Phi) is 2.59. The Morgan fingerprint density at radius 1 is 1.53 bits per heavy atom. The second-order valence-corrected chi connectivity index (χ2v) is 3.51.